The number of nitrogens with two attached hydrogens (primary N) is 1. The quantitative estimate of drug-likeness (QED) is 0.790. The molecule has 8 heteroatoms. The summed E-state index contributed by atoms with van der Waals surface area (Å²) in [5.74, 6) is -0.0431. The van der Waals surface area contributed by atoms with Gasteiger partial charge in [0.1, 0.15) is 0 Å². The first-order valence-electron chi connectivity index (χ1n) is 7.39. The minimum absolute atomic E-state index is 0. The van der Waals surface area contributed by atoms with Crippen molar-refractivity contribution >= 4 is 39.8 Å². The maximum absolute atomic E-state index is 12.1. The van der Waals surface area contributed by atoms with E-state index in [9.17, 15) is 13.2 Å². The molecule has 1 fully saturated rings. The molecule has 0 unspecified atom stereocenters. The highest BCUT2D eigenvalue weighted by atomic mass is 35.5. The lowest BCUT2D eigenvalue weighted by atomic mass is 10.00. The summed E-state index contributed by atoms with van der Waals surface area (Å²) >= 11 is 5.74. The van der Waals surface area contributed by atoms with E-state index in [1.165, 1.54) is 24.3 Å². The third kappa shape index (κ3) is 5.95. The molecule has 1 saturated carbocycles. The summed E-state index contributed by atoms with van der Waals surface area (Å²) in [4.78, 5) is 12.0. The zero-order valence-corrected chi connectivity index (χ0v) is 15.1. The van der Waals surface area contributed by atoms with E-state index < -0.39 is 9.84 Å². The molecule has 2 rings (SSSR count). The van der Waals surface area contributed by atoms with Crippen LogP contribution in [0.1, 0.15) is 25.7 Å². The Morgan fingerprint density at radius 3 is 2.48 bits per heavy atom. The second-order valence-electron chi connectivity index (χ2n) is 5.68. The maximum Gasteiger partial charge on any atom is 0.220 e. The first-order chi connectivity index (χ1) is 10.4. The summed E-state index contributed by atoms with van der Waals surface area (Å²) in [6, 6.07) is 6.10. The molecule has 1 aromatic rings. The van der Waals surface area contributed by atoms with Crippen LogP contribution >= 0.6 is 24.0 Å². The third-order valence-corrected chi connectivity index (χ3v) is 6.02. The van der Waals surface area contributed by atoms with Gasteiger partial charge in [-0.1, -0.05) is 18.0 Å². The standard InChI is InChI=1S/C15H21ClN2O3S.ClH/c16-12-4-6-13(7-5-12)22(20,21)9-8-18-15(19)10-11-2-1-3-14(11)17;/h4-7,11,14H,1-3,8-10,17H2,(H,18,19);1H/t11-,14+;/m0./s1. The van der Waals surface area contributed by atoms with E-state index >= 15 is 0 Å². The normalized spacial score (nSPS) is 20.8. The molecule has 1 aromatic carbocycles. The Balaban J connectivity index is 0.00000264. The average Bonchev–Trinajstić information content (AvgIpc) is 2.84. The Bertz CT molecular complexity index is 620. The molecule has 1 aliphatic rings. The van der Waals surface area contributed by atoms with E-state index in [0.29, 0.717) is 11.4 Å². The molecule has 1 amide bonds. The number of amides is 1. The molecule has 0 aliphatic heterocycles. The molecule has 0 bridgehead atoms. The summed E-state index contributed by atoms with van der Waals surface area (Å²) in [6.45, 7) is 0.103. The van der Waals surface area contributed by atoms with E-state index in [-0.39, 0.29) is 47.5 Å². The van der Waals surface area contributed by atoms with Crippen molar-refractivity contribution in [3.63, 3.8) is 0 Å². The Morgan fingerprint density at radius 1 is 1.26 bits per heavy atom. The van der Waals surface area contributed by atoms with Crippen LogP contribution < -0.4 is 11.1 Å². The molecule has 130 valence electrons. The number of carbonyl (C=O) groups excluding carboxylic acids is 1. The topological polar surface area (TPSA) is 89.3 Å². The Kier molecular flexibility index (Phi) is 7.80. The molecule has 23 heavy (non-hydrogen) atoms. The fourth-order valence-corrected chi connectivity index (χ4v) is 4.00. The van der Waals surface area contributed by atoms with Crippen LogP contribution in [0, 0.1) is 5.92 Å². The van der Waals surface area contributed by atoms with Crippen molar-refractivity contribution in [3.05, 3.63) is 29.3 Å². The van der Waals surface area contributed by atoms with Crippen molar-refractivity contribution in [2.24, 2.45) is 11.7 Å². The van der Waals surface area contributed by atoms with E-state index in [1.807, 2.05) is 0 Å². The number of hydrogen-bond acceptors (Lipinski definition) is 4. The molecule has 0 saturated heterocycles. The first kappa shape index (κ1) is 20.2. The van der Waals surface area contributed by atoms with Crippen molar-refractivity contribution in [2.75, 3.05) is 12.3 Å². The van der Waals surface area contributed by atoms with Crippen LogP contribution in [0.5, 0.6) is 0 Å². The van der Waals surface area contributed by atoms with Crippen molar-refractivity contribution in [2.45, 2.75) is 36.6 Å². The number of hydrogen-bond donors (Lipinski definition) is 2. The van der Waals surface area contributed by atoms with Gasteiger partial charge in [0, 0.05) is 24.0 Å². The van der Waals surface area contributed by atoms with Gasteiger partial charge in [-0.15, -0.1) is 12.4 Å². The van der Waals surface area contributed by atoms with E-state index in [2.05, 4.69) is 5.32 Å². The van der Waals surface area contributed by atoms with Gasteiger partial charge in [0.2, 0.25) is 5.91 Å². The second-order valence-corrected chi connectivity index (χ2v) is 8.23. The van der Waals surface area contributed by atoms with Crippen molar-refractivity contribution in [3.8, 4) is 0 Å². The molecule has 0 radical (unpaired) electrons. The van der Waals surface area contributed by atoms with Crippen molar-refractivity contribution in [1.29, 1.82) is 0 Å². The Morgan fingerprint density at radius 2 is 1.91 bits per heavy atom. The van der Waals surface area contributed by atoms with Gasteiger partial charge in [-0.3, -0.25) is 4.79 Å². The molecule has 3 N–H and O–H groups in total. The minimum Gasteiger partial charge on any atom is -0.355 e. The van der Waals surface area contributed by atoms with Crippen LogP contribution in [0.3, 0.4) is 0 Å². The summed E-state index contributed by atoms with van der Waals surface area (Å²) in [6.07, 6.45) is 3.37. The van der Waals surface area contributed by atoms with Gasteiger partial charge in [0.05, 0.1) is 10.6 Å². The van der Waals surface area contributed by atoms with Crippen LogP contribution in [0.25, 0.3) is 0 Å². The van der Waals surface area contributed by atoms with Crippen LogP contribution in [0.2, 0.25) is 5.02 Å². The summed E-state index contributed by atoms with van der Waals surface area (Å²) in [7, 11) is -3.41. The second kappa shape index (κ2) is 8.87. The summed E-state index contributed by atoms with van der Waals surface area (Å²) < 4.78 is 24.2. The number of rotatable bonds is 6. The first-order valence-corrected chi connectivity index (χ1v) is 9.42. The molecule has 1 aliphatic carbocycles. The largest absolute Gasteiger partial charge is 0.355 e. The lowest BCUT2D eigenvalue weighted by molar-refractivity contribution is -0.121. The van der Waals surface area contributed by atoms with Crippen LogP contribution in [0.4, 0.5) is 0 Å². The predicted octanol–water partition coefficient (Wildman–Crippen LogP) is 2.17. The van der Waals surface area contributed by atoms with Crippen LogP contribution in [-0.2, 0) is 14.6 Å². The van der Waals surface area contributed by atoms with E-state index in [0.717, 1.165) is 19.3 Å². The SMILES string of the molecule is Cl.N[C@@H]1CCC[C@H]1CC(=O)NCCS(=O)(=O)c1ccc(Cl)cc1. The molecule has 2 atom stereocenters. The van der Waals surface area contributed by atoms with Crippen molar-refractivity contribution < 1.29 is 13.2 Å². The zero-order chi connectivity index (χ0) is 16.2. The monoisotopic (exact) mass is 380 g/mol. The van der Waals surface area contributed by atoms with Crippen LogP contribution in [-0.4, -0.2) is 32.7 Å². The molecule has 0 aromatic heterocycles. The molecule has 5 nitrogen and oxygen atoms in total. The lowest BCUT2D eigenvalue weighted by Crippen LogP contribution is -2.33. The number of nitrogens with one attached hydrogen (secondary N) is 1. The Labute approximate surface area is 148 Å². The highest BCUT2D eigenvalue weighted by Crippen LogP contribution is 2.26. The average molecular weight is 381 g/mol. The van der Waals surface area contributed by atoms with Gasteiger partial charge in [-0.2, -0.15) is 0 Å². The highest BCUT2D eigenvalue weighted by molar-refractivity contribution is 7.91. The molecule has 0 spiro atoms. The van der Waals surface area contributed by atoms with Gasteiger partial charge >= 0.3 is 0 Å². The van der Waals surface area contributed by atoms with Gasteiger partial charge in [-0.25, -0.2) is 8.42 Å². The number of carbonyl (C=O) groups is 1. The van der Waals surface area contributed by atoms with Gasteiger partial charge in [0.25, 0.3) is 0 Å². The minimum atomic E-state index is -3.41. The predicted molar refractivity (Wildman–Crippen MR) is 93.7 cm³/mol. The molecular weight excluding hydrogens is 359 g/mol. The van der Waals surface area contributed by atoms with E-state index in [1.54, 1.807) is 0 Å². The van der Waals surface area contributed by atoms with Gasteiger partial charge in [0.15, 0.2) is 9.84 Å². The zero-order valence-electron chi connectivity index (χ0n) is 12.7. The summed E-state index contributed by atoms with van der Waals surface area (Å²) in [5, 5.41) is 3.15. The maximum atomic E-state index is 12.1. The van der Waals surface area contributed by atoms with Crippen molar-refractivity contribution in [1.82, 2.24) is 5.32 Å². The number of sulfone groups is 1. The number of benzene rings is 1. The summed E-state index contributed by atoms with van der Waals surface area (Å²) in [5.41, 5.74) is 5.93. The highest BCUT2D eigenvalue weighted by Gasteiger charge is 2.26. The van der Waals surface area contributed by atoms with Gasteiger partial charge < -0.3 is 11.1 Å². The molecule has 0 heterocycles. The fourth-order valence-electron chi connectivity index (χ4n) is 2.71. The Hall–Kier alpha value is -0.820. The smallest absolute Gasteiger partial charge is 0.220 e. The lowest BCUT2D eigenvalue weighted by Gasteiger charge is -2.14. The van der Waals surface area contributed by atoms with Gasteiger partial charge in [-0.05, 0) is 43.0 Å². The van der Waals surface area contributed by atoms with E-state index in [4.69, 9.17) is 17.3 Å². The number of halogens is 2. The third-order valence-electron chi connectivity index (χ3n) is 4.03. The fraction of sp³-hybridized carbons (Fsp3) is 0.533. The van der Waals surface area contributed by atoms with Crippen LogP contribution in [0.15, 0.2) is 29.2 Å². The molecular formula is C15H22Cl2N2O3S.